The molecule has 0 radical (unpaired) electrons. The minimum Gasteiger partial charge on any atom is -0.381 e. The van der Waals surface area contributed by atoms with Crippen molar-refractivity contribution in [2.24, 2.45) is 5.92 Å². The summed E-state index contributed by atoms with van der Waals surface area (Å²) in [7, 11) is 0. The molecule has 1 aliphatic rings. The summed E-state index contributed by atoms with van der Waals surface area (Å²) in [5.41, 5.74) is 0.474. The van der Waals surface area contributed by atoms with E-state index >= 15 is 0 Å². The van der Waals surface area contributed by atoms with Crippen LogP contribution in [-0.4, -0.2) is 25.7 Å². The van der Waals surface area contributed by atoms with Gasteiger partial charge in [-0.05, 0) is 49.8 Å². The summed E-state index contributed by atoms with van der Waals surface area (Å²) >= 11 is 11.8. The van der Waals surface area contributed by atoms with Gasteiger partial charge in [0.1, 0.15) is 0 Å². The maximum Gasteiger partial charge on any atom is 0.252 e. The second kappa shape index (κ2) is 7.87. The van der Waals surface area contributed by atoms with Crippen LogP contribution in [-0.2, 0) is 4.74 Å². The predicted molar refractivity (Wildman–Crippen MR) is 81.6 cm³/mol. The highest BCUT2D eigenvalue weighted by Gasteiger charge is 2.14. The van der Waals surface area contributed by atoms with Crippen molar-refractivity contribution in [2.75, 3.05) is 19.8 Å². The molecular formula is C15H19Cl2NO2. The van der Waals surface area contributed by atoms with E-state index in [0.29, 0.717) is 22.2 Å². The summed E-state index contributed by atoms with van der Waals surface area (Å²) < 4.78 is 5.33. The molecule has 20 heavy (non-hydrogen) atoms. The van der Waals surface area contributed by atoms with Crippen LogP contribution in [0.25, 0.3) is 0 Å². The van der Waals surface area contributed by atoms with Crippen LogP contribution >= 0.6 is 23.2 Å². The third kappa shape index (κ3) is 4.65. The minimum absolute atomic E-state index is 0.140. The van der Waals surface area contributed by atoms with E-state index in [9.17, 15) is 4.79 Å². The van der Waals surface area contributed by atoms with Crippen molar-refractivity contribution in [3.05, 3.63) is 33.8 Å². The van der Waals surface area contributed by atoms with E-state index < -0.39 is 0 Å². The molecule has 0 aliphatic carbocycles. The number of carbonyl (C=O) groups excluding carboxylic acids is 1. The van der Waals surface area contributed by atoms with Crippen LogP contribution < -0.4 is 5.32 Å². The summed E-state index contributed by atoms with van der Waals surface area (Å²) in [6.07, 6.45) is 4.40. The average molecular weight is 316 g/mol. The van der Waals surface area contributed by atoms with Crippen molar-refractivity contribution in [3.8, 4) is 0 Å². The molecule has 1 amide bonds. The van der Waals surface area contributed by atoms with Gasteiger partial charge in [-0.2, -0.15) is 0 Å². The lowest BCUT2D eigenvalue weighted by Gasteiger charge is -2.21. The van der Waals surface area contributed by atoms with E-state index in [1.807, 2.05) is 0 Å². The number of nitrogens with one attached hydrogen (secondary N) is 1. The van der Waals surface area contributed by atoms with Crippen LogP contribution in [0.3, 0.4) is 0 Å². The number of rotatable bonds is 5. The Morgan fingerprint density at radius 2 is 2.05 bits per heavy atom. The van der Waals surface area contributed by atoms with E-state index in [4.69, 9.17) is 27.9 Å². The Morgan fingerprint density at radius 3 is 2.75 bits per heavy atom. The second-order valence-corrected chi connectivity index (χ2v) is 5.92. The van der Waals surface area contributed by atoms with Gasteiger partial charge in [-0.1, -0.05) is 23.2 Å². The van der Waals surface area contributed by atoms with Gasteiger partial charge in [0.2, 0.25) is 0 Å². The largest absolute Gasteiger partial charge is 0.381 e. The van der Waals surface area contributed by atoms with Gasteiger partial charge in [0.15, 0.2) is 0 Å². The quantitative estimate of drug-likeness (QED) is 0.836. The summed E-state index contributed by atoms with van der Waals surface area (Å²) in [6, 6.07) is 4.91. The van der Waals surface area contributed by atoms with Crippen LogP contribution in [0.2, 0.25) is 10.0 Å². The molecule has 1 fully saturated rings. The molecule has 3 nitrogen and oxygen atoms in total. The van der Waals surface area contributed by atoms with Gasteiger partial charge >= 0.3 is 0 Å². The SMILES string of the molecule is O=C(NCCCC1CCOCC1)c1ccc(Cl)cc1Cl. The van der Waals surface area contributed by atoms with Gasteiger partial charge in [-0.3, -0.25) is 4.79 Å². The normalized spacial score (nSPS) is 16.1. The van der Waals surface area contributed by atoms with Crippen molar-refractivity contribution < 1.29 is 9.53 Å². The maximum atomic E-state index is 12.0. The van der Waals surface area contributed by atoms with Crippen LogP contribution in [0.4, 0.5) is 0 Å². The zero-order chi connectivity index (χ0) is 14.4. The summed E-state index contributed by atoms with van der Waals surface area (Å²) in [5.74, 6) is 0.596. The number of hydrogen-bond acceptors (Lipinski definition) is 2. The molecule has 1 aromatic carbocycles. The highest BCUT2D eigenvalue weighted by Crippen LogP contribution is 2.21. The van der Waals surface area contributed by atoms with Crippen molar-refractivity contribution >= 4 is 29.1 Å². The third-order valence-corrected chi connectivity index (χ3v) is 4.14. The number of ether oxygens (including phenoxy) is 1. The van der Waals surface area contributed by atoms with Gasteiger partial charge in [0, 0.05) is 24.8 Å². The summed E-state index contributed by atoms with van der Waals surface area (Å²) in [5, 5.41) is 3.82. The first kappa shape index (κ1) is 15.6. The summed E-state index contributed by atoms with van der Waals surface area (Å²) in [6.45, 7) is 2.42. The van der Waals surface area contributed by atoms with E-state index in [2.05, 4.69) is 5.32 Å². The van der Waals surface area contributed by atoms with E-state index in [-0.39, 0.29) is 5.91 Å². The molecule has 0 aromatic heterocycles. The standard InChI is InChI=1S/C15H19Cl2NO2/c16-12-3-4-13(14(17)10-12)15(19)18-7-1-2-11-5-8-20-9-6-11/h3-4,10-11H,1-2,5-9H2,(H,18,19). The Kier molecular flexibility index (Phi) is 6.14. The Hall–Kier alpha value is -0.770. The third-order valence-electron chi connectivity index (χ3n) is 3.59. The van der Waals surface area contributed by atoms with Gasteiger partial charge in [-0.15, -0.1) is 0 Å². The maximum absolute atomic E-state index is 12.0. The van der Waals surface area contributed by atoms with Crippen molar-refractivity contribution in [1.29, 1.82) is 0 Å². The van der Waals surface area contributed by atoms with Crippen molar-refractivity contribution in [2.45, 2.75) is 25.7 Å². The molecule has 0 spiro atoms. The van der Waals surface area contributed by atoms with Crippen molar-refractivity contribution in [3.63, 3.8) is 0 Å². The fourth-order valence-corrected chi connectivity index (χ4v) is 2.89. The first-order chi connectivity index (χ1) is 9.66. The first-order valence-corrected chi connectivity index (χ1v) is 7.73. The number of halogens is 2. The monoisotopic (exact) mass is 315 g/mol. The predicted octanol–water partition coefficient (Wildman–Crippen LogP) is 3.93. The molecule has 1 N–H and O–H groups in total. The molecule has 5 heteroatoms. The highest BCUT2D eigenvalue weighted by molar-refractivity contribution is 6.36. The lowest BCUT2D eigenvalue weighted by atomic mass is 9.95. The lowest BCUT2D eigenvalue weighted by Crippen LogP contribution is -2.25. The highest BCUT2D eigenvalue weighted by atomic mass is 35.5. The minimum atomic E-state index is -0.140. The van der Waals surface area contributed by atoms with Gasteiger partial charge in [0.25, 0.3) is 5.91 Å². The first-order valence-electron chi connectivity index (χ1n) is 6.98. The molecule has 0 saturated carbocycles. The van der Waals surface area contributed by atoms with Crippen LogP contribution in [0.15, 0.2) is 18.2 Å². The number of carbonyl (C=O) groups is 1. The number of benzene rings is 1. The smallest absolute Gasteiger partial charge is 0.252 e. The van der Waals surface area contributed by atoms with Gasteiger partial charge < -0.3 is 10.1 Å². The van der Waals surface area contributed by atoms with Crippen LogP contribution in [0.1, 0.15) is 36.0 Å². The Bertz CT molecular complexity index is 459. The molecule has 0 atom stereocenters. The van der Waals surface area contributed by atoms with E-state index in [1.165, 1.54) is 0 Å². The molecule has 1 heterocycles. The van der Waals surface area contributed by atoms with E-state index in [0.717, 1.165) is 44.8 Å². The van der Waals surface area contributed by atoms with Crippen LogP contribution in [0, 0.1) is 5.92 Å². The second-order valence-electron chi connectivity index (χ2n) is 5.08. The molecule has 2 rings (SSSR count). The summed E-state index contributed by atoms with van der Waals surface area (Å²) in [4.78, 5) is 12.0. The van der Waals surface area contributed by atoms with Gasteiger partial charge in [0.05, 0.1) is 10.6 Å². The molecule has 0 unspecified atom stereocenters. The lowest BCUT2D eigenvalue weighted by molar-refractivity contribution is 0.0631. The van der Waals surface area contributed by atoms with Gasteiger partial charge in [-0.25, -0.2) is 0 Å². The molecule has 1 aromatic rings. The number of amides is 1. The molecule has 1 aliphatic heterocycles. The fourth-order valence-electron chi connectivity index (χ4n) is 2.40. The zero-order valence-electron chi connectivity index (χ0n) is 11.3. The van der Waals surface area contributed by atoms with Crippen LogP contribution in [0.5, 0.6) is 0 Å². The van der Waals surface area contributed by atoms with E-state index in [1.54, 1.807) is 18.2 Å². The average Bonchev–Trinajstić information content (AvgIpc) is 2.44. The molecule has 110 valence electrons. The Morgan fingerprint density at radius 1 is 1.30 bits per heavy atom. The zero-order valence-corrected chi connectivity index (χ0v) is 12.8. The number of hydrogen-bond donors (Lipinski definition) is 1. The Balaban J connectivity index is 1.72. The molecular weight excluding hydrogens is 297 g/mol. The Labute approximate surface area is 129 Å². The molecule has 1 saturated heterocycles. The fraction of sp³-hybridized carbons (Fsp3) is 0.533. The van der Waals surface area contributed by atoms with Crippen molar-refractivity contribution in [1.82, 2.24) is 5.32 Å². The molecule has 0 bridgehead atoms. The topological polar surface area (TPSA) is 38.3 Å².